The van der Waals surface area contributed by atoms with E-state index in [0.717, 1.165) is 35.7 Å². The first kappa shape index (κ1) is 12.1. The Bertz CT molecular complexity index is 561. The van der Waals surface area contributed by atoms with Crippen molar-refractivity contribution in [2.75, 3.05) is 0 Å². The molecule has 1 aromatic heterocycles. The number of nitrogens with zero attached hydrogens (tertiary/aromatic N) is 1. The molecular formula is C15H17NO3. The highest BCUT2D eigenvalue weighted by Crippen LogP contribution is 2.38. The molecule has 2 heterocycles. The van der Waals surface area contributed by atoms with E-state index in [0.29, 0.717) is 6.61 Å². The van der Waals surface area contributed by atoms with Crippen molar-refractivity contribution < 1.29 is 13.9 Å². The Morgan fingerprint density at radius 3 is 3.05 bits per heavy atom. The predicted molar refractivity (Wildman–Crippen MR) is 70.3 cm³/mol. The molecule has 3 rings (SSSR count). The molecular weight excluding hydrogens is 242 g/mol. The fourth-order valence-electron chi connectivity index (χ4n) is 2.26. The second kappa shape index (κ2) is 4.61. The van der Waals surface area contributed by atoms with Gasteiger partial charge in [-0.15, -0.1) is 0 Å². The summed E-state index contributed by atoms with van der Waals surface area (Å²) in [4.78, 5) is 3.87. The van der Waals surface area contributed by atoms with Gasteiger partial charge in [-0.25, -0.2) is 4.98 Å². The number of oxazole rings is 1. The predicted octanol–water partition coefficient (Wildman–Crippen LogP) is 3.36. The van der Waals surface area contributed by atoms with Gasteiger partial charge in [0.05, 0.1) is 6.20 Å². The van der Waals surface area contributed by atoms with Crippen LogP contribution in [0.4, 0.5) is 0 Å². The molecule has 0 aliphatic carbocycles. The van der Waals surface area contributed by atoms with E-state index in [1.165, 1.54) is 6.39 Å². The van der Waals surface area contributed by atoms with Crippen molar-refractivity contribution in [2.45, 2.75) is 38.9 Å². The minimum atomic E-state index is -0.101. The van der Waals surface area contributed by atoms with Crippen molar-refractivity contribution >= 4 is 0 Å². The van der Waals surface area contributed by atoms with Gasteiger partial charge >= 0.3 is 0 Å². The summed E-state index contributed by atoms with van der Waals surface area (Å²) in [5.41, 5.74) is 1.04. The Morgan fingerprint density at radius 2 is 2.26 bits per heavy atom. The fraction of sp³-hybridized carbons (Fsp3) is 0.400. The van der Waals surface area contributed by atoms with Gasteiger partial charge in [0.1, 0.15) is 23.7 Å². The Hall–Kier alpha value is -1.97. The minimum absolute atomic E-state index is 0.101. The third-order valence-electron chi connectivity index (χ3n) is 3.31. The average molecular weight is 259 g/mol. The highest BCUT2D eigenvalue weighted by Gasteiger charge is 2.28. The largest absolute Gasteiger partial charge is 0.487 e. The molecule has 0 spiro atoms. The first-order valence-electron chi connectivity index (χ1n) is 6.45. The van der Waals surface area contributed by atoms with Crippen LogP contribution in [-0.4, -0.2) is 10.6 Å². The molecule has 0 atom stereocenters. The molecule has 0 saturated carbocycles. The highest BCUT2D eigenvalue weighted by atomic mass is 16.5. The van der Waals surface area contributed by atoms with Crippen LogP contribution in [0, 0.1) is 0 Å². The van der Waals surface area contributed by atoms with Crippen molar-refractivity contribution in [1.29, 1.82) is 0 Å². The third-order valence-corrected chi connectivity index (χ3v) is 3.31. The fourth-order valence-corrected chi connectivity index (χ4v) is 2.26. The lowest BCUT2D eigenvalue weighted by atomic mass is 9.94. The van der Waals surface area contributed by atoms with E-state index in [1.807, 2.05) is 18.2 Å². The molecule has 1 aromatic carbocycles. The van der Waals surface area contributed by atoms with Crippen LogP contribution in [-0.2, 0) is 13.0 Å². The maximum Gasteiger partial charge on any atom is 0.181 e. The summed E-state index contributed by atoms with van der Waals surface area (Å²) in [6, 6.07) is 5.92. The van der Waals surface area contributed by atoms with E-state index in [4.69, 9.17) is 13.9 Å². The number of hydrogen-bond donors (Lipinski definition) is 0. The van der Waals surface area contributed by atoms with Gasteiger partial charge in [-0.2, -0.15) is 0 Å². The number of rotatable bonds is 3. The smallest absolute Gasteiger partial charge is 0.181 e. The molecule has 0 radical (unpaired) electrons. The zero-order valence-corrected chi connectivity index (χ0v) is 11.2. The topological polar surface area (TPSA) is 44.5 Å². The molecule has 2 aromatic rings. The van der Waals surface area contributed by atoms with Crippen LogP contribution in [0.5, 0.6) is 11.5 Å². The van der Waals surface area contributed by atoms with Crippen LogP contribution in [0.3, 0.4) is 0 Å². The van der Waals surface area contributed by atoms with Crippen molar-refractivity contribution in [3.05, 3.63) is 42.1 Å². The lowest BCUT2D eigenvalue weighted by molar-refractivity contribution is 0.0830. The van der Waals surface area contributed by atoms with E-state index in [1.54, 1.807) is 6.20 Å². The summed E-state index contributed by atoms with van der Waals surface area (Å²) < 4.78 is 16.9. The van der Waals surface area contributed by atoms with E-state index >= 15 is 0 Å². The zero-order valence-electron chi connectivity index (χ0n) is 11.2. The Morgan fingerprint density at radius 1 is 1.37 bits per heavy atom. The number of ether oxygens (including phenoxy) is 2. The summed E-state index contributed by atoms with van der Waals surface area (Å²) in [7, 11) is 0. The second-order valence-electron chi connectivity index (χ2n) is 5.35. The molecule has 100 valence electrons. The maximum absolute atomic E-state index is 5.98. The molecule has 0 unspecified atom stereocenters. The molecule has 19 heavy (non-hydrogen) atoms. The van der Waals surface area contributed by atoms with Gasteiger partial charge in [0.15, 0.2) is 12.2 Å². The standard InChI is InChI=1S/C15H17NO3/c1-15(2)7-6-12-13(4-3-5-14(12)19-15)17-9-11-8-16-10-18-11/h3-5,8,10H,6-7,9H2,1-2H3. The van der Waals surface area contributed by atoms with Crippen molar-refractivity contribution in [3.63, 3.8) is 0 Å². The number of hydrogen-bond acceptors (Lipinski definition) is 4. The number of aromatic nitrogens is 1. The first-order valence-corrected chi connectivity index (χ1v) is 6.45. The first-order chi connectivity index (χ1) is 9.14. The van der Waals surface area contributed by atoms with Gasteiger partial charge < -0.3 is 13.9 Å². The van der Waals surface area contributed by atoms with Crippen molar-refractivity contribution in [3.8, 4) is 11.5 Å². The summed E-state index contributed by atoms with van der Waals surface area (Å²) in [5, 5.41) is 0. The summed E-state index contributed by atoms with van der Waals surface area (Å²) in [6.45, 7) is 4.61. The molecule has 0 amide bonds. The Labute approximate surface area is 112 Å². The van der Waals surface area contributed by atoms with E-state index in [-0.39, 0.29) is 5.60 Å². The summed E-state index contributed by atoms with van der Waals surface area (Å²) >= 11 is 0. The van der Waals surface area contributed by atoms with E-state index in [9.17, 15) is 0 Å². The monoisotopic (exact) mass is 259 g/mol. The van der Waals surface area contributed by atoms with Gasteiger partial charge in [0, 0.05) is 5.56 Å². The van der Waals surface area contributed by atoms with Crippen LogP contribution in [0.25, 0.3) is 0 Å². The Kier molecular flexibility index (Phi) is 2.93. The van der Waals surface area contributed by atoms with Crippen LogP contribution >= 0.6 is 0 Å². The van der Waals surface area contributed by atoms with Gasteiger partial charge in [-0.1, -0.05) is 6.07 Å². The lowest BCUT2D eigenvalue weighted by Gasteiger charge is -2.33. The van der Waals surface area contributed by atoms with Crippen molar-refractivity contribution in [2.24, 2.45) is 0 Å². The van der Waals surface area contributed by atoms with Gasteiger partial charge in [-0.05, 0) is 38.8 Å². The molecule has 0 bridgehead atoms. The molecule has 1 aliphatic rings. The van der Waals surface area contributed by atoms with Crippen LogP contribution in [0.1, 0.15) is 31.6 Å². The SMILES string of the molecule is CC1(C)CCc2c(OCc3cnco3)cccc2O1. The highest BCUT2D eigenvalue weighted by molar-refractivity contribution is 5.46. The quantitative estimate of drug-likeness (QED) is 0.847. The molecule has 0 fully saturated rings. The Balaban J connectivity index is 1.80. The lowest BCUT2D eigenvalue weighted by Crippen LogP contribution is -2.32. The minimum Gasteiger partial charge on any atom is -0.487 e. The van der Waals surface area contributed by atoms with Gasteiger partial charge in [-0.3, -0.25) is 0 Å². The summed E-state index contributed by atoms with van der Waals surface area (Å²) in [5.74, 6) is 2.50. The van der Waals surface area contributed by atoms with Crippen LogP contribution < -0.4 is 9.47 Å². The molecule has 1 aliphatic heterocycles. The van der Waals surface area contributed by atoms with Gasteiger partial charge in [0.25, 0.3) is 0 Å². The summed E-state index contributed by atoms with van der Waals surface area (Å²) in [6.07, 6.45) is 5.03. The van der Waals surface area contributed by atoms with Crippen LogP contribution in [0.2, 0.25) is 0 Å². The average Bonchev–Trinajstić information content (AvgIpc) is 2.87. The van der Waals surface area contributed by atoms with E-state index in [2.05, 4.69) is 18.8 Å². The second-order valence-corrected chi connectivity index (χ2v) is 5.35. The molecule has 0 N–H and O–H groups in total. The number of fused-ring (bicyclic) bond motifs is 1. The van der Waals surface area contributed by atoms with Gasteiger partial charge in [0.2, 0.25) is 0 Å². The molecule has 4 nitrogen and oxygen atoms in total. The zero-order chi connectivity index (χ0) is 13.3. The van der Waals surface area contributed by atoms with E-state index < -0.39 is 0 Å². The normalized spacial score (nSPS) is 16.5. The van der Waals surface area contributed by atoms with Crippen molar-refractivity contribution in [1.82, 2.24) is 4.98 Å². The van der Waals surface area contributed by atoms with Crippen LogP contribution in [0.15, 0.2) is 35.2 Å². The third kappa shape index (κ3) is 2.57. The number of benzene rings is 1. The molecule has 4 heteroatoms. The maximum atomic E-state index is 5.98. The molecule has 0 saturated heterocycles.